The predicted octanol–water partition coefficient (Wildman–Crippen LogP) is 4.26. The first-order chi connectivity index (χ1) is 12.2. The average Bonchev–Trinajstić information content (AvgIpc) is 3.26. The molecule has 0 saturated carbocycles. The molecule has 1 aliphatic rings. The van der Waals surface area contributed by atoms with Crippen molar-refractivity contribution in [1.82, 2.24) is 14.5 Å². The van der Waals surface area contributed by atoms with Crippen molar-refractivity contribution in [2.75, 3.05) is 14.2 Å². The van der Waals surface area contributed by atoms with Crippen molar-refractivity contribution in [1.29, 1.82) is 0 Å². The van der Waals surface area contributed by atoms with Crippen LogP contribution in [-0.4, -0.2) is 28.8 Å². The summed E-state index contributed by atoms with van der Waals surface area (Å²) in [6.45, 7) is 2.08. The maximum Gasteiger partial charge on any atom is 0.144 e. The van der Waals surface area contributed by atoms with Crippen molar-refractivity contribution in [3.8, 4) is 22.9 Å². The fourth-order valence-corrected chi connectivity index (χ4v) is 4.58. The Morgan fingerprint density at radius 2 is 2.12 bits per heavy atom. The molecule has 2 heterocycles. The van der Waals surface area contributed by atoms with Gasteiger partial charge in [0.25, 0.3) is 0 Å². The van der Waals surface area contributed by atoms with Gasteiger partial charge in [-0.1, -0.05) is 0 Å². The van der Waals surface area contributed by atoms with Gasteiger partial charge in [0.15, 0.2) is 0 Å². The average molecular weight is 355 g/mol. The lowest BCUT2D eigenvalue weighted by atomic mass is 9.97. The number of benzene rings is 1. The van der Waals surface area contributed by atoms with Gasteiger partial charge in [-0.05, 0) is 44.4 Å². The summed E-state index contributed by atoms with van der Waals surface area (Å²) in [4.78, 5) is 10.9. The zero-order valence-electron chi connectivity index (χ0n) is 14.7. The summed E-state index contributed by atoms with van der Waals surface area (Å²) in [5, 5.41) is 1.14. The van der Waals surface area contributed by atoms with Gasteiger partial charge in [-0.25, -0.2) is 9.97 Å². The van der Waals surface area contributed by atoms with Crippen LogP contribution >= 0.6 is 11.3 Å². The fraction of sp³-hybridized carbons (Fsp3) is 0.368. The first-order valence-electron chi connectivity index (χ1n) is 8.42. The summed E-state index contributed by atoms with van der Waals surface area (Å²) in [5.74, 6) is 2.47. The van der Waals surface area contributed by atoms with Crippen LogP contribution in [0.2, 0.25) is 0 Å². The summed E-state index contributed by atoms with van der Waals surface area (Å²) in [7, 11) is 3.35. The summed E-state index contributed by atoms with van der Waals surface area (Å²) < 4.78 is 13.2. The molecule has 0 amide bonds. The third kappa shape index (κ3) is 2.80. The molecule has 0 spiro atoms. The smallest absolute Gasteiger partial charge is 0.144 e. The highest BCUT2D eigenvalue weighted by Gasteiger charge is 2.28. The van der Waals surface area contributed by atoms with Gasteiger partial charge in [0, 0.05) is 17.3 Å². The Labute approximate surface area is 151 Å². The Kier molecular flexibility index (Phi) is 4.21. The third-order valence-corrected chi connectivity index (χ3v) is 5.73. The second-order valence-corrected chi connectivity index (χ2v) is 7.46. The highest BCUT2D eigenvalue weighted by Crippen LogP contribution is 2.39. The number of rotatable bonds is 4. The molecule has 5 nitrogen and oxygen atoms in total. The minimum Gasteiger partial charge on any atom is -0.497 e. The molecular formula is C19H21N3O2S. The van der Waals surface area contributed by atoms with Crippen molar-refractivity contribution in [3.05, 3.63) is 46.2 Å². The summed E-state index contributed by atoms with van der Waals surface area (Å²) in [6, 6.07) is 6.03. The Morgan fingerprint density at radius 3 is 2.92 bits per heavy atom. The second-order valence-electron chi connectivity index (χ2n) is 6.17. The van der Waals surface area contributed by atoms with Crippen LogP contribution in [0, 0.1) is 6.92 Å². The van der Waals surface area contributed by atoms with E-state index in [2.05, 4.69) is 16.5 Å². The van der Waals surface area contributed by atoms with E-state index >= 15 is 0 Å². The topological polar surface area (TPSA) is 49.2 Å². The standard InChI is InChI=1S/C19H21N3O2S/c1-12-21-18-15(5-4-6-17(18)25-12)22-10-9-20-19(22)14-11-13(23-2)7-8-16(14)24-3/h7-11,15H,4-6H2,1-3H3. The summed E-state index contributed by atoms with van der Waals surface area (Å²) in [5.41, 5.74) is 2.14. The Bertz CT molecular complexity index is 900. The molecule has 0 fully saturated rings. The number of nitrogens with zero attached hydrogens (tertiary/aromatic N) is 3. The van der Waals surface area contributed by atoms with E-state index in [0.29, 0.717) is 0 Å². The zero-order valence-corrected chi connectivity index (χ0v) is 15.5. The van der Waals surface area contributed by atoms with Gasteiger partial charge in [0.05, 0.1) is 36.5 Å². The Hall–Kier alpha value is -2.34. The van der Waals surface area contributed by atoms with Crippen molar-refractivity contribution in [3.63, 3.8) is 0 Å². The molecule has 6 heteroatoms. The van der Waals surface area contributed by atoms with Crippen molar-refractivity contribution < 1.29 is 9.47 Å². The molecule has 25 heavy (non-hydrogen) atoms. The van der Waals surface area contributed by atoms with Crippen LogP contribution in [0.15, 0.2) is 30.6 Å². The van der Waals surface area contributed by atoms with E-state index in [0.717, 1.165) is 40.7 Å². The van der Waals surface area contributed by atoms with E-state index < -0.39 is 0 Å². The lowest BCUT2D eigenvalue weighted by Gasteiger charge is -2.24. The second kappa shape index (κ2) is 6.52. The van der Waals surface area contributed by atoms with Gasteiger partial charge in [0.1, 0.15) is 17.3 Å². The predicted molar refractivity (Wildman–Crippen MR) is 98.7 cm³/mol. The van der Waals surface area contributed by atoms with Crippen LogP contribution in [0.25, 0.3) is 11.4 Å². The van der Waals surface area contributed by atoms with Crippen LogP contribution in [0.4, 0.5) is 0 Å². The van der Waals surface area contributed by atoms with Gasteiger partial charge >= 0.3 is 0 Å². The van der Waals surface area contributed by atoms with E-state index in [1.165, 1.54) is 17.0 Å². The molecule has 0 saturated heterocycles. The van der Waals surface area contributed by atoms with Gasteiger partial charge in [-0.2, -0.15) is 0 Å². The molecule has 0 bridgehead atoms. The molecule has 1 aliphatic carbocycles. The van der Waals surface area contributed by atoms with E-state index in [-0.39, 0.29) is 6.04 Å². The van der Waals surface area contributed by atoms with Crippen molar-refractivity contribution in [2.24, 2.45) is 0 Å². The zero-order chi connectivity index (χ0) is 17.4. The largest absolute Gasteiger partial charge is 0.497 e. The summed E-state index contributed by atoms with van der Waals surface area (Å²) in [6.07, 6.45) is 7.27. The molecule has 0 radical (unpaired) electrons. The van der Waals surface area contributed by atoms with E-state index in [4.69, 9.17) is 14.5 Å². The van der Waals surface area contributed by atoms with E-state index in [9.17, 15) is 0 Å². The lowest BCUT2D eigenvalue weighted by Crippen LogP contribution is -2.17. The number of hydrogen-bond acceptors (Lipinski definition) is 5. The maximum atomic E-state index is 5.56. The minimum absolute atomic E-state index is 0.224. The molecule has 1 aromatic carbocycles. The number of aryl methyl sites for hydroxylation is 2. The first kappa shape index (κ1) is 16.1. The number of methoxy groups -OCH3 is 2. The highest BCUT2D eigenvalue weighted by molar-refractivity contribution is 7.11. The SMILES string of the molecule is COc1ccc(OC)c(-c2nccn2C2CCCc3sc(C)nc32)c1. The molecule has 3 aromatic rings. The number of thiazole rings is 1. The highest BCUT2D eigenvalue weighted by atomic mass is 32.1. The number of ether oxygens (including phenoxy) is 2. The van der Waals surface area contributed by atoms with Crippen LogP contribution < -0.4 is 9.47 Å². The first-order valence-corrected chi connectivity index (χ1v) is 9.24. The van der Waals surface area contributed by atoms with Crippen LogP contribution in [0.3, 0.4) is 0 Å². The molecule has 0 aliphatic heterocycles. The number of fused-ring (bicyclic) bond motifs is 1. The monoisotopic (exact) mass is 355 g/mol. The lowest BCUT2D eigenvalue weighted by molar-refractivity contribution is 0.403. The molecular weight excluding hydrogens is 334 g/mol. The summed E-state index contributed by atoms with van der Waals surface area (Å²) >= 11 is 1.82. The van der Waals surface area contributed by atoms with Gasteiger partial charge in [-0.3, -0.25) is 0 Å². The molecule has 1 unspecified atom stereocenters. The van der Waals surface area contributed by atoms with Crippen LogP contribution in [0.5, 0.6) is 11.5 Å². The fourth-order valence-electron chi connectivity index (χ4n) is 3.55. The normalized spacial score (nSPS) is 16.5. The van der Waals surface area contributed by atoms with Crippen LogP contribution in [-0.2, 0) is 6.42 Å². The minimum atomic E-state index is 0.224. The molecule has 4 rings (SSSR count). The van der Waals surface area contributed by atoms with Gasteiger partial charge < -0.3 is 14.0 Å². The molecule has 1 atom stereocenters. The van der Waals surface area contributed by atoms with Gasteiger partial charge in [0.2, 0.25) is 0 Å². The molecule has 0 N–H and O–H groups in total. The van der Waals surface area contributed by atoms with E-state index in [1.807, 2.05) is 41.9 Å². The Morgan fingerprint density at radius 1 is 1.24 bits per heavy atom. The number of imidazole rings is 1. The van der Waals surface area contributed by atoms with Crippen molar-refractivity contribution in [2.45, 2.75) is 32.2 Å². The van der Waals surface area contributed by atoms with E-state index in [1.54, 1.807) is 14.2 Å². The number of hydrogen-bond donors (Lipinski definition) is 0. The Balaban J connectivity index is 1.83. The quantitative estimate of drug-likeness (QED) is 0.702. The maximum absolute atomic E-state index is 5.56. The van der Waals surface area contributed by atoms with Crippen LogP contribution in [0.1, 0.15) is 34.5 Å². The molecule has 130 valence electrons. The number of aromatic nitrogens is 3. The van der Waals surface area contributed by atoms with Crippen molar-refractivity contribution >= 4 is 11.3 Å². The van der Waals surface area contributed by atoms with Gasteiger partial charge in [-0.15, -0.1) is 11.3 Å². The third-order valence-electron chi connectivity index (χ3n) is 4.68. The molecule has 2 aromatic heterocycles.